The van der Waals surface area contributed by atoms with Crippen LogP contribution in [0.3, 0.4) is 0 Å². The Balaban J connectivity index is 2.64. The van der Waals surface area contributed by atoms with Gasteiger partial charge in [-0.15, -0.1) is 0 Å². The van der Waals surface area contributed by atoms with E-state index < -0.39 is 0 Å². The summed E-state index contributed by atoms with van der Waals surface area (Å²) in [5.41, 5.74) is 1.88. The molecule has 1 N–H and O–H groups in total. The van der Waals surface area contributed by atoms with Crippen LogP contribution < -0.4 is 5.56 Å². The Labute approximate surface area is 92.2 Å². The Hall–Kier alpha value is -2.41. The van der Waals surface area contributed by atoms with E-state index in [0.29, 0.717) is 5.56 Å². The fraction of sp³-hybridized carbons (Fsp3) is 0.0833. The van der Waals surface area contributed by atoms with Gasteiger partial charge in [0.05, 0.1) is 18.1 Å². The molecular formula is C12H9N3O. The van der Waals surface area contributed by atoms with Gasteiger partial charge in [0.25, 0.3) is 5.56 Å². The summed E-state index contributed by atoms with van der Waals surface area (Å²) >= 11 is 0. The van der Waals surface area contributed by atoms with Crippen LogP contribution in [0.15, 0.2) is 41.6 Å². The molecule has 0 aliphatic heterocycles. The number of nitrogens with zero attached hydrogens (tertiary/aromatic N) is 2. The highest BCUT2D eigenvalue weighted by Gasteiger charge is 2.08. The number of hydrogen-bond acceptors (Lipinski definition) is 3. The monoisotopic (exact) mass is 211 g/mol. The lowest BCUT2D eigenvalue weighted by Crippen LogP contribution is -2.10. The summed E-state index contributed by atoms with van der Waals surface area (Å²) in [4.78, 5) is 18.2. The van der Waals surface area contributed by atoms with Gasteiger partial charge in [0.15, 0.2) is 0 Å². The third-order valence-corrected chi connectivity index (χ3v) is 2.29. The minimum Gasteiger partial charge on any atom is -0.329 e. The maximum atomic E-state index is 11.7. The van der Waals surface area contributed by atoms with Crippen molar-refractivity contribution in [1.82, 2.24) is 9.97 Å². The van der Waals surface area contributed by atoms with Crippen molar-refractivity contribution >= 4 is 0 Å². The van der Waals surface area contributed by atoms with Crippen molar-refractivity contribution in [3.63, 3.8) is 0 Å². The molecule has 2 aromatic heterocycles. The zero-order valence-electron chi connectivity index (χ0n) is 8.47. The lowest BCUT2D eigenvalue weighted by atomic mass is 10.0. The van der Waals surface area contributed by atoms with Crippen LogP contribution in [-0.4, -0.2) is 9.97 Å². The number of aromatic nitrogens is 2. The molecule has 0 atom stereocenters. The number of nitriles is 1. The highest BCUT2D eigenvalue weighted by atomic mass is 16.1. The fourth-order valence-corrected chi connectivity index (χ4v) is 1.59. The van der Waals surface area contributed by atoms with Crippen LogP contribution in [0.5, 0.6) is 0 Å². The molecule has 2 heterocycles. The Morgan fingerprint density at radius 1 is 1.31 bits per heavy atom. The van der Waals surface area contributed by atoms with Crippen molar-refractivity contribution in [3.8, 4) is 17.2 Å². The number of nitrogens with one attached hydrogen (secondary N) is 1. The summed E-state index contributed by atoms with van der Waals surface area (Å²) in [6.07, 6.45) is 5.02. The first-order valence-electron chi connectivity index (χ1n) is 4.81. The molecule has 0 spiro atoms. The van der Waals surface area contributed by atoms with E-state index in [1.54, 1.807) is 36.8 Å². The Morgan fingerprint density at radius 2 is 2.06 bits per heavy atom. The van der Waals surface area contributed by atoms with Crippen LogP contribution in [0.25, 0.3) is 11.1 Å². The molecule has 0 unspecified atom stereocenters. The molecule has 0 fully saturated rings. The van der Waals surface area contributed by atoms with Gasteiger partial charge in [-0.25, -0.2) is 0 Å². The number of pyridine rings is 2. The second-order valence-electron chi connectivity index (χ2n) is 3.28. The van der Waals surface area contributed by atoms with Crippen LogP contribution >= 0.6 is 0 Å². The van der Waals surface area contributed by atoms with E-state index in [2.05, 4.69) is 16.0 Å². The van der Waals surface area contributed by atoms with Crippen LogP contribution in [0, 0.1) is 11.3 Å². The molecule has 0 amide bonds. The smallest absolute Gasteiger partial charge is 0.256 e. The Bertz CT molecular complexity index is 581. The van der Waals surface area contributed by atoms with E-state index >= 15 is 0 Å². The lowest BCUT2D eigenvalue weighted by molar-refractivity contribution is 1.17. The predicted molar refractivity (Wildman–Crippen MR) is 59.6 cm³/mol. The van der Waals surface area contributed by atoms with E-state index in [0.717, 1.165) is 11.1 Å². The molecule has 0 bridgehead atoms. The molecule has 78 valence electrons. The average Bonchev–Trinajstić information content (AvgIpc) is 2.31. The predicted octanol–water partition coefficient (Wildman–Crippen LogP) is 1.50. The molecule has 16 heavy (non-hydrogen) atoms. The summed E-state index contributed by atoms with van der Waals surface area (Å²) in [5.74, 6) is 0. The second kappa shape index (κ2) is 4.41. The topological polar surface area (TPSA) is 69.5 Å². The standard InChI is InChI=1S/C12H9N3O/c13-5-1-9-4-8-15-12(16)11(9)10-2-6-14-7-3-10/h2-4,6-8H,1H2,(H,15,16). The number of rotatable bonds is 2. The maximum absolute atomic E-state index is 11.7. The van der Waals surface area contributed by atoms with Gasteiger partial charge in [0.1, 0.15) is 0 Å². The van der Waals surface area contributed by atoms with Crippen molar-refractivity contribution in [1.29, 1.82) is 5.26 Å². The van der Waals surface area contributed by atoms with Gasteiger partial charge in [-0.3, -0.25) is 9.78 Å². The van der Waals surface area contributed by atoms with Crippen LogP contribution in [-0.2, 0) is 6.42 Å². The van der Waals surface area contributed by atoms with Crippen LogP contribution in [0.1, 0.15) is 5.56 Å². The Kier molecular flexibility index (Phi) is 2.79. The van der Waals surface area contributed by atoms with Gasteiger partial charge in [-0.1, -0.05) is 0 Å². The Morgan fingerprint density at radius 3 is 2.75 bits per heavy atom. The molecule has 4 nitrogen and oxygen atoms in total. The molecule has 0 saturated heterocycles. The van der Waals surface area contributed by atoms with E-state index in [9.17, 15) is 4.79 Å². The van der Waals surface area contributed by atoms with Crippen molar-refractivity contribution in [2.75, 3.05) is 0 Å². The molecule has 0 aromatic carbocycles. The summed E-state index contributed by atoms with van der Waals surface area (Å²) in [7, 11) is 0. The molecule has 2 rings (SSSR count). The van der Waals surface area contributed by atoms with Gasteiger partial charge in [0, 0.05) is 18.6 Å². The van der Waals surface area contributed by atoms with Crippen molar-refractivity contribution in [3.05, 3.63) is 52.7 Å². The molecule has 0 radical (unpaired) electrons. The lowest BCUT2D eigenvalue weighted by Gasteiger charge is -2.04. The highest BCUT2D eigenvalue weighted by molar-refractivity contribution is 5.65. The third kappa shape index (κ3) is 1.84. The van der Waals surface area contributed by atoms with Crippen molar-refractivity contribution in [2.45, 2.75) is 6.42 Å². The van der Waals surface area contributed by atoms with Gasteiger partial charge < -0.3 is 4.98 Å². The number of hydrogen-bond donors (Lipinski definition) is 1. The molecule has 4 heteroatoms. The van der Waals surface area contributed by atoms with E-state index in [-0.39, 0.29) is 12.0 Å². The van der Waals surface area contributed by atoms with Crippen molar-refractivity contribution in [2.24, 2.45) is 0 Å². The normalized spacial score (nSPS) is 9.69. The molecule has 2 aromatic rings. The summed E-state index contributed by atoms with van der Waals surface area (Å²) in [5, 5.41) is 8.71. The van der Waals surface area contributed by atoms with Crippen LogP contribution in [0.2, 0.25) is 0 Å². The first-order valence-corrected chi connectivity index (χ1v) is 4.81. The average molecular weight is 211 g/mol. The van der Waals surface area contributed by atoms with Gasteiger partial charge in [-0.05, 0) is 29.3 Å². The first kappa shape index (κ1) is 10.1. The molecular weight excluding hydrogens is 202 g/mol. The minimum atomic E-state index is -0.182. The molecule has 0 aliphatic carbocycles. The zero-order chi connectivity index (χ0) is 11.4. The molecule has 0 saturated carbocycles. The van der Waals surface area contributed by atoms with Crippen molar-refractivity contribution < 1.29 is 0 Å². The largest absolute Gasteiger partial charge is 0.329 e. The first-order chi connectivity index (χ1) is 7.83. The number of H-pyrrole nitrogens is 1. The quantitative estimate of drug-likeness (QED) is 0.818. The van der Waals surface area contributed by atoms with Crippen LogP contribution in [0.4, 0.5) is 0 Å². The fourth-order valence-electron chi connectivity index (χ4n) is 1.59. The maximum Gasteiger partial charge on any atom is 0.256 e. The SMILES string of the molecule is N#CCc1cc[nH]c(=O)c1-c1ccncc1. The minimum absolute atomic E-state index is 0.182. The van der Waals surface area contributed by atoms with E-state index in [4.69, 9.17) is 5.26 Å². The number of aromatic amines is 1. The molecule has 0 aliphatic rings. The van der Waals surface area contributed by atoms with Gasteiger partial charge >= 0.3 is 0 Å². The zero-order valence-corrected chi connectivity index (χ0v) is 8.47. The third-order valence-electron chi connectivity index (χ3n) is 2.29. The van der Waals surface area contributed by atoms with E-state index in [1.807, 2.05) is 0 Å². The van der Waals surface area contributed by atoms with E-state index in [1.165, 1.54) is 0 Å². The van der Waals surface area contributed by atoms with Gasteiger partial charge in [-0.2, -0.15) is 5.26 Å². The van der Waals surface area contributed by atoms with Gasteiger partial charge in [0.2, 0.25) is 0 Å². The summed E-state index contributed by atoms with van der Waals surface area (Å²) in [6, 6.07) is 7.31. The summed E-state index contributed by atoms with van der Waals surface area (Å²) < 4.78 is 0. The highest BCUT2D eigenvalue weighted by Crippen LogP contribution is 2.18. The summed E-state index contributed by atoms with van der Waals surface area (Å²) in [6.45, 7) is 0. The second-order valence-corrected chi connectivity index (χ2v) is 3.28.